The average molecular weight is 292 g/mol. The first-order valence-corrected chi connectivity index (χ1v) is 9.65. The predicted octanol–water partition coefficient (Wildman–Crippen LogP) is 7.04. The van der Waals surface area contributed by atoms with Crippen molar-refractivity contribution in [3.63, 3.8) is 0 Å². The van der Waals surface area contributed by atoms with Gasteiger partial charge in [0.25, 0.3) is 0 Å². The summed E-state index contributed by atoms with van der Waals surface area (Å²) in [6.45, 7) is 11.9. The molecule has 0 heterocycles. The van der Waals surface area contributed by atoms with Crippen molar-refractivity contribution in [1.82, 2.24) is 0 Å². The maximum atomic E-state index is 5.61. The molecule has 0 aliphatic rings. The molecule has 0 aromatic heterocycles. The van der Waals surface area contributed by atoms with Crippen molar-refractivity contribution in [3.05, 3.63) is 0 Å². The van der Waals surface area contributed by atoms with Crippen LogP contribution in [-0.2, 0) is 0 Å². The molecule has 0 spiro atoms. The Balaban J connectivity index is 3.45. The highest BCUT2D eigenvalue weighted by molar-refractivity contribution is 6.08. The third-order valence-electron chi connectivity index (χ3n) is 4.93. The molecule has 0 fully saturated rings. The van der Waals surface area contributed by atoms with E-state index < -0.39 is 0 Å². The van der Waals surface area contributed by atoms with E-state index in [4.69, 9.17) is 7.85 Å². The van der Waals surface area contributed by atoms with Crippen LogP contribution in [-0.4, -0.2) is 7.85 Å². The van der Waals surface area contributed by atoms with Crippen molar-refractivity contribution in [1.29, 1.82) is 0 Å². The van der Waals surface area contributed by atoms with Gasteiger partial charge in [-0.15, -0.1) is 0 Å². The fraction of sp³-hybridized carbons (Fsp3) is 1.00. The van der Waals surface area contributed by atoms with E-state index in [1.807, 2.05) is 0 Å². The van der Waals surface area contributed by atoms with Crippen LogP contribution in [0.3, 0.4) is 0 Å². The molecule has 0 amide bonds. The second-order valence-corrected chi connectivity index (χ2v) is 8.08. The number of rotatable bonds is 14. The van der Waals surface area contributed by atoms with Crippen molar-refractivity contribution in [2.45, 2.75) is 105 Å². The van der Waals surface area contributed by atoms with Gasteiger partial charge in [0.15, 0.2) is 0 Å². The van der Waals surface area contributed by atoms with Crippen LogP contribution in [0.1, 0.15) is 98.8 Å². The molecule has 0 N–H and O–H groups in total. The van der Waals surface area contributed by atoms with E-state index >= 15 is 0 Å². The lowest BCUT2D eigenvalue weighted by molar-refractivity contribution is 0.376. The molecule has 124 valence electrons. The molecule has 0 bridgehead atoms. The SMILES string of the molecule is [B]CCC(C)CCCC(C)CCCC(C)CCCC(C)C. The van der Waals surface area contributed by atoms with Gasteiger partial charge in [0.1, 0.15) is 0 Å². The first-order valence-electron chi connectivity index (χ1n) is 9.65. The molecular formula is C20H41B. The number of hydrogen-bond acceptors (Lipinski definition) is 0. The molecule has 2 radical (unpaired) electrons. The maximum absolute atomic E-state index is 5.61. The summed E-state index contributed by atoms with van der Waals surface area (Å²) in [7, 11) is 5.61. The van der Waals surface area contributed by atoms with Crippen molar-refractivity contribution in [2.75, 3.05) is 0 Å². The lowest BCUT2D eigenvalue weighted by atomic mass is 9.88. The third-order valence-corrected chi connectivity index (χ3v) is 4.93. The van der Waals surface area contributed by atoms with Crippen LogP contribution in [0.5, 0.6) is 0 Å². The molecule has 0 saturated heterocycles. The fourth-order valence-corrected chi connectivity index (χ4v) is 3.22. The van der Waals surface area contributed by atoms with Gasteiger partial charge in [-0.3, -0.25) is 0 Å². The minimum atomic E-state index is 0.822. The van der Waals surface area contributed by atoms with Crippen molar-refractivity contribution < 1.29 is 0 Å². The molecule has 0 aliphatic carbocycles. The summed E-state index contributed by atoms with van der Waals surface area (Å²) in [5, 5.41) is 0. The van der Waals surface area contributed by atoms with E-state index in [2.05, 4.69) is 34.6 Å². The van der Waals surface area contributed by atoms with Crippen LogP contribution in [0.4, 0.5) is 0 Å². The largest absolute Gasteiger partial charge is 0.0884 e. The zero-order chi connectivity index (χ0) is 16.1. The van der Waals surface area contributed by atoms with E-state index in [-0.39, 0.29) is 0 Å². The third kappa shape index (κ3) is 14.8. The Labute approximate surface area is 137 Å². The Morgan fingerprint density at radius 3 is 1.19 bits per heavy atom. The highest BCUT2D eigenvalue weighted by Crippen LogP contribution is 2.22. The smallest absolute Gasteiger partial charge is 0.0653 e. The normalized spacial score (nSPS) is 16.1. The first-order chi connectivity index (χ1) is 9.95. The van der Waals surface area contributed by atoms with Crippen LogP contribution >= 0.6 is 0 Å². The summed E-state index contributed by atoms with van der Waals surface area (Å²) in [6, 6.07) is 0. The highest BCUT2D eigenvalue weighted by Gasteiger charge is 2.07. The van der Waals surface area contributed by atoms with Gasteiger partial charge in [0, 0.05) is 0 Å². The zero-order valence-electron chi connectivity index (χ0n) is 15.7. The van der Waals surface area contributed by atoms with Gasteiger partial charge in [-0.25, -0.2) is 0 Å². The standard InChI is InChI=1S/C20H41B/c1-17(2)9-6-10-18(3)11-7-12-19(4)13-8-14-20(5)15-16-21/h17-20H,6-16H2,1-5H3. The van der Waals surface area contributed by atoms with Crippen LogP contribution in [0.2, 0.25) is 6.32 Å². The quantitative estimate of drug-likeness (QED) is 0.301. The molecule has 1 heteroatoms. The fourth-order valence-electron chi connectivity index (χ4n) is 3.22. The number of hydrogen-bond donors (Lipinski definition) is 0. The summed E-state index contributed by atoms with van der Waals surface area (Å²) in [6.07, 6.45) is 14.8. The summed E-state index contributed by atoms with van der Waals surface area (Å²) < 4.78 is 0. The summed E-state index contributed by atoms with van der Waals surface area (Å²) in [5.41, 5.74) is 0. The topological polar surface area (TPSA) is 0 Å². The lowest BCUT2D eigenvalue weighted by Crippen LogP contribution is -2.01. The Kier molecular flexibility index (Phi) is 13.8. The minimum absolute atomic E-state index is 0.822. The molecule has 3 atom stereocenters. The Morgan fingerprint density at radius 2 is 0.857 bits per heavy atom. The highest BCUT2D eigenvalue weighted by atomic mass is 14.1. The van der Waals surface area contributed by atoms with Crippen LogP contribution < -0.4 is 0 Å². The van der Waals surface area contributed by atoms with Gasteiger partial charge >= 0.3 is 0 Å². The molecule has 0 aromatic rings. The Morgan fingerprint density at radius 1 is 0.524 bits per heavy atom. The maximum Gasteiger partial charge on any atom is 0.0653 e. The van der Waals surface area contributed by atoms with Gasteiger partial charge in [-0.2, -0.15) is 0 Å². The van der Waals surface area contributed by atoms with Crippen LogP contribution in [0, 0.1) is 23.7 Å². The van der Waals surface area contributed by atoms with Gasteiger partial charge < -0.3 is 0 Å². The first kappa shape index (κ1) is 21.1. The Bertz CT molecular complexity index is 212. The zero-order valence-corrected chi connectivity index (χ0v) is 15.7. The predicted molar refractivity (Wildman–Crippen MR) is 99.1 cm³/mol. The van der Waals surface area contributed by atoms with E-state index in [1.165, 1.54) is 64.2 Å². The molecule has 0 saturated carbocycles. The molecule has 0 aromatic carbocycles. The molecule has 0 rings (SSSR count). The molecule has 3 unspecified atom stereocenters. The summed E-state index contributed by atoms with van der Waals surface area (Å²) >= 11 is 0. The average Bonchev–Trinajstić information content (AvgIpc) is 2.38. The van der Waals surface area contributed by atoms with Gasteiger partial charge in [0.05, 0.1) is 7.85 Å². The van der Waals surface area contributed by atoms with Gasteiger partial charge in [-0.1, -0.05) is 105 Å². The van der Waals surface area contributed by atoms with E-state index in [9.17, 15) is 0 Å². The Hall–Kier alpha value is 0.0649. The summed E-state index contributed by atoms with van der Waals surface area (Å²) in [4.78, 5) is 0. The van der Waals surface area contributed by atoms with E-state index in [0.717, 1.165) is 30.0 Å². The van der Waals surface area contributed by atoms with E-state index in [1.54, 1.807) is 0 Å². The monoisotopic (exact) mass is 292 g/mol. The van der Waals surface area contributed by atoms with Crippen LogP contribution in [0.15, 0.2) is 0 Å². The van der Waals surface area contributed by atoms with Gasteiger partial charge in [0.2, 0.25) is 0 Å². The van der Waals surface area contributed by atoms with Crippen molar-refractivity contribution in [3.8, 4) is 0 Å². The molecule has 21 heavy (non-hydrogen) atoms. The second-order valence-electron chi connectivity index (χ2n) is 8.08. The molecular weight excluding hydrogens is 251 g/mol. The second kappa shape index (κ2) is 13.7. The van der Waals surface area contributed by atoms with Gasteiger partial charge in [-0.05, 0) is 23.7 Å². The molecule has 0 aliphatic heterocycles. The lowest BCUT2D eigenvalue weighted by Gasteiger charge is -2.16. The van der Waals surface area contributed by atoms with E-state index in [0.29, 0.717) is 0 Å². The van der Waals surface area contributed by atoms with Crippen LogP contribution in [0.25, 0.3) is 0 Å². The van der Waals surface area contributed by atoms with Crippen molar-refractivity contribution in [2.24, 2.45) is 23.7 Å². The van der Waals surface area contributed by atoms with Crippen molar-refractivity contribution >= 4 is 7.85 Å². The summed E-state index contributed by atoms with van der Waals surface area (Å²) in [5.74, 6) is 3.54. The minimum Gasteiger partial charge on any atom is -0.0884 e. The molecule has 0 nitrogen and oxygen atoms in total.